The lowest BCUT2D eigenvalue weighted by molar-refractivity contribution is -0.809. The van der Waals surface area contributed by atoms with E-state index in [-0.39, 0.29) is 5.78 Å². The highest BCUT2D eigenvalue weighted by Crippen LogP contribution is 2.19. The summed E-state index contributed by atoms with van der Waals surface area (Å²) < 4.78 is 5.69. The van der Waals surface area contributed by atoms with Crippen LogP contribution in [-0.4, -0.2) is 19.4 Å². The Bertz CT molecular complexity index is 468. The lowest BCUT2D eigenvalue weighted by Gasteiger charge is -2.07. The number of hydrogen-bond donors (Lipinski definition) is 1. The van der Waals surface area contributed by atoms with E-state index in [0.717, 1.165) is 21.8 Å². The zero-order valence-electron chi connectivity index (χ0n) is 9.62. The first-order chi connectivity index (χ1) is 7.70. The molecule has 0 fully saturated rings. The van der Waals surface area contributed by atoms with Crippen LogP contribution in [0.25, 0.3) is 11.0 Å². The quantitative estimate of drug-likeness (QED) is 0.845. The summed E-state index contributed by atoms with van der Waals surface area (Å²) in [6.45, 7) is 2.37. The molecule has 0 radical (unpaired) electrons. The average Bonchev–Trinajstić information content (AvgIpc) is 2.72. The summed E-state index contributed by atoms with van der Waals surface area (Å²) in [4.78, 5) is 12.4. The number of carbonyl (C=O) groups excluding carboxylic acids is 1. The SMILES string of the molecule is CCC(=O)C[NH+](C)c1cc2ccccc2o1. The molecule has 0 aliphatic carbocycles. The average molecular weight is 218 g/mol. The predicted molar refractivity (Wildman–Crippen MR) is 62.9 cm³/mol. The smallest absolute Gasteiger partial charge is 0.296 e. The van der Waals surface area contributed by atoms with Crippen LogP contribution in [-0.2, 0) is 4.79 Å². The normalized spacial score (nSPS) is 12.9. The van der Waals surface area contributed by atoms with Crippen molar-refractivity contribution in [3.8, 4) is 0 Å². The maximum Gasteiger partial charge on any atom is 0.296 e. The number of rotatable bonds is 4. The molecule has 3 nitrogen and oxygen atoms in total. The number of benzene rings is 1. The van der Waals surface area contributed by atoms with Crippen LogP contribution in [0.15, 0.2) is 34.7 Å². The Hall–Kier alpha value is -1.61. The van der Waals surface area contributed by atoms with Gasteiger partial charge in [0.05, 0.1) is 13.1 Å². The Labute approximate surface area is 94.7 Å². The lowest BCUT2D eigenvalue weighted by Crippen LogP contribution is -3.04. The molecule has 0 amide bonds. The van der Waals surface area contributed by atoms with Crippen molar-refractivity contribution in [2.24, 2.45) is 0 Å². The van der Waals surface area contributed by atoms with Crippen molar-refractivity contribution < 1.29 is 14.1 Å². The molecule has 2 rings (SSSR count). The minimum absolute atomic E-state index is 0.248. The number of ketones is 1. The van der Waals surface area contributed by atoms with Crippen LogP contribution in [0.5, 0.6) is 0 Å². The summed E-state index contributed by atoms with van der Waals surface area (Å²) in [7, 11) is 1.95. The molecular formula is C13H16NO2+. The molecule has 0 aliphatic heterocycles. The van der Waals surface area contributed by atoms with E-state index in [1.165, 1.54) is 0 Å². The third kappa shape index (κ3) is 2.14. The van der Waals surface area contributed by atoms with Gasteiger partial charge in [-0.3, -0.25) is 9.69 Å². The van der Waals surface area contributed by atoms with Gasteiger partial charge in [0, 0.05) is 11.8 Å². The first-order valence-corrected chi connectivity index (χ1v) is 5.53. The van der Waals surface area contributed by atoms with E-state index in [9.17, 15) is 4.79 Å². The van der Waals surface area contributed by atoms with E-state index in [4.69, 9.17) is 4.42 Å². The zero-order chi connectivity index (χ0) is 11.5. The highest BCUT2D eigenvalue weighted by Gasteiger charge is 2.15. The molecule has 1 N–H and O–H groups in total. The number of fused-ring (bicyclic) bond motifs is 1. The number of nitrogens with one attached hydrogen (secondary N) is 1. The van der Waals surface area contributed by atoms with Crippen molar-refractivity contribution in [1.82, 2.24) is 0 Å². The van der Waals surface area contributed by atoms with Crippen molar-refractivity contribution in [1.29, 1.82) is 0 Å². The van der Waals surface area contributed by atoms with E-state index < -0.39 is 0 Å². The highest BCUT2D eigenvalue weighted by molar-refractivity contribution is 5.80. The first kappa shape index (κ1) is 10.9. The molecule has 0 spiro atoms. The molecule has 1 heterocycles. The fourth-order valence-electron chi connectivity index (χ4n) is 1.70. The minimum atomic E-state index is 0.248. The number of para-hydroxylation sites is 1. The Balaban J connectivity index is 2.23. The van der Waals surface area contributed by atoms with E-state index in [0.29, 0.717) is 13.0 Å². The summed E-state index contributed by atoms with van der Waals surface area (Å²) in [5.74, 6) is 1.07. The number of hydrogen-bond acceptors (Lipinski definition) is 2. The van der Waals surface area contributed by atoms with E-state index in [1.807, 2.05) is 44.3 Å². The van der Waals surface area contributed by atoms with Gasteiger partial charge in [0.1, 0.15) is 12.1 Å². The molecule has 84 valence electrons. The maximum atomic E-state index is 11.3. The minimum Gasteiger partial charge on any atom is -0.412 e. The molecule has 0 aliphatic rings. The second-order valence-corrected chi connectivity index (χ2v) is 4.00. The Morgan fingerprint density at radius 2 is 2.12 bits per heavy atom. The largest absolute Gasteiger partial charge is 0.412 e. The number of Topliss-reactive ketones (excluding diaryl/α,β-unsaturated/α-hetero) is 1. The Morgan fingerprint density at radius 3 is 2.81 bits per heavy atom. The number of likely N-dealkylation sites (N-methyl/N-ethyl adjacent to an activating group) is 1. The topological polar surface area (TPSA) is 34.7 Å². The summed E-state index contributed by atoms with van der Waals surface area (Å²) in [5.41, 5.74) is 0.876. The third-order valence-corrected chi connectivity index (χ3v) is 2.70. The molecular weight excluding hydrogens is 202 g/mol. The van der Waals surface area contributed by atoms with E-state index >= 15 is 0 Å². The van der Waals surface area contributed by atoms with Gasteiger partial charge in [-0.05, 0) is 6.07 Å². The van der Waals surface area contributed by atoms with Crippen LogP contribution in [0.2, 0.25) is 0 Å². The van der Waals surface area contributed by atoms with E-state index in [1.54, 1.807) is 0 Å². The van der Waals surface area contributed by atoms with E-state index in [2.05, 4.69) is 0 Å². The molecule has 0 bridgehead atoms. The van der Waals surface area contributed by atoms with Crippen molar-refractivity contribution in [2.75, 3.05) is 13.6 Å². The molecule has 0 saturated heterocycles. The van der Waals surface area contributed by atoms with Crippen LogP contribution < -0.4 is 4.90 Å². The summed E-state index contributed by atoms with van der Waals surface area (Å²) in [6, 6.07) is 9.87. The van der Waals surface area contributed by atoms with Gasteiger partial charge in [0.25, 0.3) is 5.88 Å². The first-order valence-electron chi connectivity index (χ1n) is 5.53. The zero-order valence-corrected chi connectivity index (χ0v) is 9.62. The second kappa shape index (κ2) is 4.49. The van der Waals surface area contributed by atoms with Crippen molar-refractivity contribution in [3.63, 3.8) is 0 Å². The van der Waals surface area contributed by atoms with Crippen LogP contribution in [0.1, 0.15) is 13.3 Å². The van der Waals surface area contributed by atoms with Gasteiger partial charge in [-0.1, -0.05) is 25.1 Å². The molecule has 0 saturated carbocycles. The molecule has 1 unspecified atom stereocenters. The summed E-state index contributed by atoms with van der Waals surface area (Å²) in [5, 5.41) is 1.08. The fourth-order valence-corrected chi connectivity index (χ4v) is 1.70. The fraction of sp³-hybridized carbons (Fsp3) is 0.308. The standard InChI is InChI=1S/C13H15NO2/c1-3-11(15)9-14(2)13-8-10-6-4-5-7-12(10)16-13/h4-8H,3,9H2,1-2H3/p+1. The van der Waals surface area contributed by atoms with Gasteiger partial charge >= 0.3 is 0 Å². The van der Waals surface area contributed by atoms with Gasteiger partial charge in [-0.2, -0.15) is 0 Å². The third-order valence-electron chi connectivity index (χ3n) is 2.70. The molecule has 2 aromatic rings. The highest BCUT2D eigenvalue weighted by atomic mass is 16.4. The Kier molecular flexibility index (Phi) is 3.06. The molecule has 1 atom stereocenters. The maximum absolute atomic E-state index is 11.3. The van der Waals surface area contributed by atoms with Gasteiger partial charge < -0.3 is 4.42 Å². The Morgan fingerprint density at radius 1 is 1.38 bits per heavy atom. The number of furan rings is 1. The molecule has 1 aromatic heterocycles. The van der Waals surface area contributed by atoms with Gasteiger partial charge in [-0.15, -0.1) is 0 Å². The van der Waals surface area contributed by atoms with Gasteiger partial charge in [0.15, 0.2) is 5.78 Å². The predicted octanol–water partition coefficient (Wildman–Crippen LogP) is 1.56. The van der Waals surface area contributed by atoms with Crippen LogP contribution in [0.3, 0.4) is 0 Å². The van der Waals surface area contributed by atoms with Crippen LogP contribution in [0.4, 0.5) is 5.88 Å². The monoisotopic (exact) mass is 218 g/mol. The lowest BCUT2D eigenvalue weighted by atomic mass is 10.2. The summed E-state index contributed by atoms with van der Waals surface area (Å²) >= 11 is 0. The molecule has 1 aromatic carbocycles. The van der Waals surface area contributed by atoms with Gasteiger partial charge in [0.2, 0.25) is 0 Å². The van der Waals surface area contributed by atoms with Crippen LogP contribution in [0, 0.1) is 0 Å². The molecule has 16 heavy (non-hydrogen) atoms. The van der Waals surface area contributed by atoms with Gasteiger partial charge in [-0.25, -0.2) is 0 Å². The van der Waals surface area contributed by atoms with Crippen molar-refractivity contribution in [2.45, 2.75) is 13.3 Å². The number of quaternary nitrogens is 1. The second-order valence-electron chi connectivity index (χ2n) is 4.00. The van der Waals surface area contributed by atoms with Crippen molar-refractivity contribution >= 4 is 22.6 Å². The summed E-state index contributed by atoms with van der Waals surface area (Å²) in [6.07, 6.45) is 0.581. The number of carbonyl (C=O) groups is 1. The van der Waals surface area contributed by atoms with Crippen molar-refractivity contribution in [3.05, 3.63) is 30.3 Å². The van der Waals surface area contributed by atoms with Crippen LogP contribution >= 0.6 is 0 Å². The molecule has 3 heteroatoms.